The summed E-state index contributed by atoms with van der Waals surface area (Å²) in [5, 5.41) is 0.229. The van der Waals surface area contributed by atoms with Crippen molar-refractivity contribution in [2.75, 3.05) is 46.1 Å². The first-order valence-corrected chi connectivity index (χ1v) is 11.7. The van der Waals surface area contributed by atoms with E-state index in [1.54, 1.807) is 6.92 Å². The summed E-state index contributed by atoms with van der Waals surface area (Å²) in [6.07, 6.45) is 1.67. The van der Waals surface area contributed by atoms with Crippen LogP contribution in [0.25, 0.3) is 11.1 Å². The minimum absolute atomic E-state index is 0.210. The third kappa shape index (κ3) is 5.66. The number of rotatable bonds is 10. The van der Waals surface area contributed by atoms with Crippen LogP contribution in [-0.4, -0.2) is 61.7 Å². The molecule has 176 valence electrons. The third-order valence-electron chi connectivity index (χ3n) is 5.61. The van der Waals surface area contributed by atoms with Gasteiger partial charge in [-0.05, 0) is 25.3 Å². The van der Waals surface area contributed by atoms with Gasteiger partial charge in [-0.25, -0.2) is 4.98 Å². The molecule has 1 fully saturated rings. The minimum atomic E-state index is -0.210. The highest BCUT2D eigenvalue weighted by Gasteiger charge is 2.28. The molecule has 0 bridgehead atoms. The number of morpholine rings is 1. The molecule has 8 heteroatoms. The second-order valence-electron chi connectivity index (χ2n) is 8.05. The van der Waals surface area contributed by atoms with E-state index in [1.165, 1.54) is 12.5 Å². The fourth-order valence-electron chi connectivity index (χ4n) is 3.94. The average Bonchev–Trinajstić information content (AvgIpc) is 3.21. The molecular weight excluding hydrogens is 444 g/mol. The Kier molecular flexibility index (Phi) is 7.85. The number of hydrogen-bond acceptors (Lipinski definition) is 7. The molecule has 0 saturated carbocycles. The number of hydrogen-bond donors (Lipinski definition) is 0. The van der Waals surface area contributed by atoms with Crippen LogP contribution < -0.4 is 9.47 Å². The largest absolute Gasteiger partial charge is 0.487 e. The quantitative estimate of drug-likeness (QED) is 0.312. The number of carbonyl (C=O) groups excluding carboxylic acids is 1. The first-order chi connectivity index (χ1) is 16.0. The summed E-state index contributed by atoms with van der Waals surface area (Å²) in [7, 11) is 0. The predicted molar refractivity (Wildman–Crippen MR) is 127 cm³/mol. The van der Waals surface area contributed by atoms with Gasteiger partial charge in [0.15, 0.2) is 17.4 Å². The first-order valence-electron chi connectivity index (χ1n) is 11.3. The zero-order valence-electron chi connectivity index (χ0n) is 19.1. The molecule has 0 spiro atoms. The molecule has 0 radical (unpaired) electrons. The van der Waals surface area contributed by atoms with Crippen LogP contribution in [0.4, 0.5) is 0 Å². The molecule has 1 saturated heterocycles. The number of aryl methyl sites for hydroxylation is 2. The van der Waals surface area contributed by atoms with Gasteiger partial charge in [0.2, 0.25) is 11.3 Å². The Balaban J connectivity index is 1.57. The van der Waals surface area contributed by atoms with Crippen LogP contribution in [-0.2, 0) is 11.2 Å². The standard InChI is InChI=1S/C25H29ClN2O5/c1-17(29)20-21(26)22-24(33-18(2)27-22)25(31-13-6-9-19-7-4-3-5-8-19)23(20)32-16-12-28-10-14-30-15-11-28/h3-5,7-8H,6,9-16H2,1-2H3. The van der Waals surface area contributed by atoms with Crippen molar-refractivity contribution >= 4 is 28.5 Å². The Morgan fingerprint density at radius 3 is 2.58 bits per heavy atom. The number of aromatic nitrogens is 1. The second kappa shape index (κ2) is 11.0. The lowest BCUT2D eigenvalue weighted by Crippen LogP contribution is -2.38. The topological polar surface area (TPSA) is 74.0 Å². The molecule has 7 nitrogen and oxygen atoms in total. The fraction of sp³-hybridized carbons (Fsp3) is 0.440. The van der Waals surface area contributed by atoms with E-state index >= 15 is 0 Å². The second-order valence-corrected chi connectivity index (χ2v) is 8.43. The van der Waals surface area contributed by atoms with E-state index in [9.17, 15) is 4.79 Å². The molecule has 33 heavy (non-hydrogen) atoms. The summed E-state index contributed by atoms with van der Waals surface area (Å²) >= 11 is 6.59. The molecule has 0 atom stereocenters. The number of carbonyl (C=O) groups is 1. The van der Waals surface area contributed by atoms with Crippen LogP contribution >= 0.6 is 11.6 Å². The molecule has 4 rings (SSSR count). The van der Waals surface area contributed by atoms with Crippen LogP contribution in [0.2, 0.25) is 5.02 Å². The van der Waals surface area contributed by atoms with E-state index < -0.39 is 0 Å². The van der Waals surface area contributed by atoms with Gasteiger partial charge in [0.25, 0.3) is 0 Å². The van der Waals surface area contributed by atoms with Gasteiger partial charge in [-0.1, -0.05) is 41.9 Å². The Labute approximate surface area is 198 Å². The summed E-state index contributed by atoms with van der Waals surface area (Å²) in [6.45, 7) is 7.86. The molecule has 1 aromatic heterocycles. The predicted octanol–water partition coefficient (Wildman–Crippen LogP) is 4.71. The molecule has 3 aromatic rings. The van der Waals surface area contributed by atoms with Crippen molar-refractivity contribution in [3.63, 3.8) is 0 Å². The summed E-state index contributed by atoms with van der Waals surface area (Å²) in [5.41, 5.74) is 2.34. The number of fused-ring (bicyclic) bond motifs is 1. The number of ketones is 1. The van der Waals surface area contributed by atoms with Crippen molar-refractivity contribution in [3.8, 4) is 11.5 Å². The highest BCUT2D eigenvalue weighted by atomic mass is 35.5. The highest BCUT2D eigenvalue weighted by molar-refractivity contribution is 6.39. The van der Waals surface area contributed by atoms with Crippen LogP contribution in [0, 0.1) is 6.92 Å². The molecule has 0 aliphatic carbocycles. The van der Waals surface area contributed by atoms with E-state index in [-0.39, 0.29) is 16.4 Å². The van der Waals surface area contributed by atoms with Crippen LogP contribution in [0.1, 0.15) is 35.2 Å². The van der Waals surface area contributed by atoms with Gasteiger partial charge in [0, 0.05) is 26.6 Å². The van der Waals surface area contributed by atoms with Gasteiger partial charge in [-0.3, -0.25) is 9.69 Å². The lowest BCUT2D eigenvalue weighted by molar-refractivity contribution is 0.0320. The van der Waals surface area contributed by atoms with Crippen LogP contribution in [0.15, 0.2) is 34.7 Å². The maximum atomic E-state index is 12.6. The minimum Gasteiger partial charge on any atom is -0.487 e. The van der Waals surface area contributed by atoms with Crippen molar-refractivity contribution in [1.82, 2.24) is 9.88 Å². The van der Waals surface area contributed by atoms with E-state index in [0.717, 1.165) is 25.9 Å². The van der Waals surface area contributed by atoms with Gasteiger partial charge in [0.05, 0.1) is 30.4 Å². The van der Waals surface area contributed by atoms with Gasteiger partial charge in [0.1, 0.15) is 12.1 Å². The van der Waals surface area contributed by atoms with Gasteiger partial charge < -0.3 is 18.6 Å². The average molecular weight is 473 g/mol. The fourth-order valence-corrected chi connectivity index (χ4v) is 4.29. The zero-order valence-corrected chi connectivity index (χ0v) is 19.8. The Morgan fingerprint density at radius 1 is 1.12 bits per heavy atom. The smallest absolute Gasteiger partial charge is 0.207 e. The van der Waals surface area contributed by atoms with Crippen molar-refractivity contribution in [2.24, 2.45) is 0 Å². The van der Waals surface area contributed by atoms with Gasteiger partial charge >= 0.3 is 0 Å². The molecule has 0 N–H and O–H groups in total. The first kappa shape index (κ1) is 23.5. The SMILES string of the molecule is CC(=O)c1c(OCCN2CCOCC2)c(OCCCc2ccccc2)c2oc(C)nc2c1Cl. The molecule has 1 aliphatic heterocycles. The van der Waals surface area contributed by atoms with E-state index in [4.69, 9.17) is 30.2 Å². The summed E-state index contributed by atoms with van der Waals surface area (Å²) < 4.78 is 23.5. The van der Waals surface area contributed by atoms with Crippen molar-refractivity contribution < 1.29 is 23.4 Å². The number of nitrogens with zero attached hydrogens (tertiary/aromatic N) is 2. The zero-order chi connectivity index (χ0) is 23.2. The summed E-state index contributed by atoms with van der Waals surface area (Å²) in [5.74, 6) is 0.943. The van der Waals surface area contributed by atoms with Gasteiger partial charge in [-0.15, -0.1) is 0 Å². The van der Waals surface area contributed by atoms with Crippen molar-refractivity contribution in [3.05, 3.63) is 52.4 Å². The Morgan fingerprint density at radius 2 is 1.85 bits per heavy atom. The van der Waals surface area contributed by atoms with Gasteiger partial charge in [-0.2, -0.15) is 0 Å². The number of benzene rings is 2. The maximum absolute atomic E-state index is 12.6. The highest BCUT2D eigenvalue weighted by Crippen LogP contribution is 2.45. The van der Waals surface area contributed by atoms with Crippen molar-refractivity contribution in [2.45, 2.75) is 26.7 Å². The molecule has 2 heterocycles. The lowest BCUT2D eigenvalue weighted by Gasteiger charge is -2.26. The monoisotopic (exact) mass is 472 g/mol. The lowest BCUT2D eigenvalue weighted by atomic mass is 10.1. The number of oxazole rings is 1. The molecular formula is C25H29ClN2O5. The van der Waals surface area contributed by atoms with E-state index in [0.29, 0.717) is 61.5 Å². The number of halogens is 1. The maximum Gasteiger partial charge on any atom is 0.207 e. The molecule has 1 aliphatic rings. The summed E-state index contributed by atoms with van der Waals surface area (Å²) in [4.78, 5) is 19.2. The normalized spacial score (nSPS) is 14.5. The molecule has 2 aromatic carbocycles. The Hall–Kier alpha value is -2.61. The number of ether oxygens (including phenoxy) is 3. The summed E-state index contributed by atoms with van der Waals surface area (Å²) in [6, 6.07) is 10.2. The van der Waals surface area contributed by atoms with Crippen LogP contribution in [0.5, 0.6) is 11.5 Å². The van der Waals surface area contributed by atoms with E-state index in [1.807, 2.05) is 18.2 Å². The molecule has 0 unspecified atom stereocenters. The van der Waals surface area contributed by atoms with Crippen molar-refractivity contribution in [1.29, 1.82) is 0 Å². The van der Waals surface area contributed by atoms with Crippen LogP contribution in [0.3, 0.4) is 0 Å². The molecule has 0 amide bonds. The van der Waals surface area contributed by atoms with E-state index in [2.05, 4.69) is 22.0 Å². The Bertz CT molecular complexity index is 1090. The number of Topliss-reactive ketones (excluding diaryl/α,β-unsaturated/α-hetero) is 1. The third-order valence-corrected chi connectivity index (χ3v) is 5.98.